The largest absolute Gasteiger partial charge is 0.475 e. The monoisotopic (exact) mass is 295 g/mol. The highest BCUT2D eigenvalue weighted by atomic mass is 35.5. The number of carboxylic acids is 1. The van der Waals surface area contributed by atoms with Gasteiger partial charge in [0.15, 0.2) is 11.5 Å². The van der Waals surface area contributed by atoms with Crippen LogP contribution in [0.1, 0.15) is 23.0 Å². The summed E-state index contributed by atoms with van der Waals surface area (Å²) >= 11 is 6.30. The fourth-order valence-electron chi connectivity index (χ4n) is 2.12. The zero-order valence-corrected chi connectivity index (χ0v) is 11.2. The van der Waals surface area contributed by atoms with Crippen LogP contribution >= 0.6 is 11.6 Å². The van der Waals surface area contributed by atoms with Gasteiger partial charge in [0.25, 0.3) is 0 Å². The van der Waals surface area contributed by atoms with E-state index in [0.29, 0.717) is 34.2 Å². The first-order chi connectivity index (χ1) is 9.61. The third-order valence-corrected chi connectivity index (χ3v) is 3.46. The van der Waals surface area contributed by atoms with Gasteiger partial charge in [0, 0.05) is 11.6 Å². The van der Waals surface area contributed by atoms with Crippen LogP contribution in [-0.4, -0.2) is 23.0 Å². The molecule has 0 atom stereocenters. The van der Waals surface area contributed by atoms with E-state index in [4.69, 9.17) is 30.7 Å². The average molecular weight is 296 g/mol. The highest BCUT2D eigenvalue weighted by Crippen LogP contribution is 2.45. The van der Waals surface area contributed by atoms with Crippen LogP contribution in [0.5, 0.6) is 11.5 Å². The van der Waals surface area contributed by atoms with E-state index < -0.39 is 5.97 Å². The summed E-state index contributed by atoms with van der Waals surface area (Å²) in [5.74, 6) is -0.374. The number of aromatic nitrogens is 1. The summed E-state index contributed by atoms with van der Waals surface area (Å²) in [5.41, 5.74) is 1.89. The molecule has 1 aromatic carbocycles. The molecule has 0 amide bonds. The highest BCUT2D eigenvalue weighted by Gasteiger charge is 2.25. The quantitative estimate of drug-likeness (QED) is 0.937. The van der Waals surface area contributed by atoms with Crippen molar-refractivity contribution >= 4 is 17.6 Å². The molecule has 1 aromatic heterocycles. The Morgan fingerprint density at radius 2 is 2.25 bits per heavy atom. The maximum Gasteiger partial charge on any atom is 0.374 e. The van der Waals surface area contributed by atoms with Crippen LogP contribution in [0.4, 0.5) is 0 Å². The highest BCUT2D eigenvalue weighted by molar-refractivity contribution is 6.33. The minimum Gasteiger partial charge on any atom is -0.475 e. The zero-order valence-electron chi connectivity index (χ0n) is 10.5. The molecule has 0 fully saturated rings. The number of carboxylic acid groups (broad SMARTS) is 1. The molecule has 1 aliphatic heterocycles. The molecule has 2 heterocycles. The first-order valence-corrected chi connectivity index (χ1v) is 6.31. The van der Waals surface area contributed by atoms with Crippen molar-refractivity contribution in [3.63, 3.8) is 0 Å². The van der Waals surface area contributed by atoms with Crippen molar-refractivity contribution < 1.29 is 23.9 Å². The lowest BCUT2D eigenvalue weighted by molar-refractivity contribution is 0.0652. The van der Waals surface area contributed by atoms with Crippen molar-refractivity contribution in [3.05, 3.63) is 28.5 Å². The van der Waals surface area contributed by atoms with Crippen molar-refractivity contribution in [1.29, 1.82) is 0 Å². The summed E-state index contributed by atoms with van der Waals surface area (Å²) in [5, 5.41) is 13.1. The molecule has 1 aliphatic rings. The van der Waals surface area contributed by atoms with Gasteiger partial charge in [-0.15, -0.1) is 0 Å². The van der Waals surface area contributed by atoms with E-state index in [1.165, 1.54) is 6.07 Å². The Bertz CT molecular complexity index is 694. The minimum atomic E-state index is -1.17. The molecule has 2 aromatic rings. The number of ether oxygens (including phenoxy) is 2. The van der Waals surface area contributed by atoms with E-state index in [9.17, 15) is 4.79 Å². The Morgan fingerprint density at radius 3 is 2.90 bits per heavy atom. The van der Waals surface area contributed by atoms with Gasteiger partial charge in [0.05, 0.1) is 5.02 Å². The third kappa shape index (κ3) is 1.89. The molecule has 0 bridgehead atoms. The zero-order chi connectivity index (χ0) is 14.3. The Labute approximate surface area is 118 Å². The summed E-state index contributed by atoms with van der Waals surface area (Å²) in [6.45, 7) is 2.05. The maximum atomic E-state index is 10.8. The number of benzene rings is 1. The van der Waals surface area contributed by atoms with Gasteiger partial charge in [0.1, 0.15) is 5.69 Å². The second-order valence-corrected chi connectivity index (χ2v) is 4.56. The summed E-state index contributed by atoms with van der Waals surface area (Å²) < 4.78 is 15.4. The molecule has 3 rings (SSSR count). The van der Waals surface area contributed by atoms with Crippen LogP contribution in [0.2, 0.25) is 5.02 Å². The lowest BCUT2D eigenvalue weighted by Crippen LogP contribution is -1.93. The van der Waals surface area contributed by atoms with Crippen LogP contribution in [-0.2, 0) is 6.42 Å². The molecule has 0 aliphatic carbocycles. The van der Waals surface area contributed by atoms with Gasteiger partial charge in [0.2, 0.25) is 12.6 Å². The number of hydrogen-bond donors (Lipinski definition) is 1. The molecule has 0 spiro atoms. The number of hydrogen-bond acceptors (Lipinski definition) is 5. The van der Waals surface area contributed by atoms with Gasteiger partial charge in [-0.1, -0.05) is 23.7 Å². The first-order valence-electron chi connectivity index (χ1n) is 5.93. The number of rotatable bonds is 3. The van der Waals surface area contributed by atoms with E-state index in [-0.39, 0.29) is 12.6 Å². The predicted octanol–water partition coefficient (Wildman–Crippen LogP) is 2.98. The molecular formula is C13H10ClNO5. The summed E-state index contributed by atoms with van der Waals surface area (Å²) in [6.07, 6.45) is 0.639. The van der Waals surface area contributed by atoms with E-state index in [1.54, 1.807) is 6.07 Å². The lowest BCUT2D eigenvalue weighted by Gasteiger charge is -2.09. The van der Waals surface area contributed by atoms with Crippen molar-refractivity contribution in [2.45, 2.75) is 13.3 Å². The predicted molar refractivity (Wildman–Crippen MR) is 69.4 cm³/mol. The van der Waals surface area contributed by atoms with Gasteiger partial charge < -0.3 is 19.1 Å². The van der Waals surface area contributed by atoms with Crippen molar-refractivity contribution in [3.8, 4) is 22.8 Å². The molecule has 1 N–H and O–H groups in total. The molecule has 7 heteroatoms. The summed E-state index contributed by atoms with van der Waals surface area (Å²) in [4.78, 5) is 10.8. The number of halogens is 1. The normalized spacial score (nSPS) is 12.7. The Balaban J connectivity index is 2.17. The summed E-state index contributed by atoms with van der Waals surface area (Å²) in [7, 11) is 0. The summed E-state index contributed by atoms with van der Waals surface area (Å²) in [6, 6.07) is 3.09. The van der Waals surface area contributed by atoms with Crippen molar-refractivity contribution in [2.24, 2.45) is 0 Å². The van der Waals surface area contributed by atoms with Gasteiger partial charge in [-0.3, -0.25) is 0 Å². The fraction of sp³-hybridized carbons (Fsp3) is 0.231. The molecule has 104 valence electrons. The van der Waals surface area contributed by atoms with Crippen LogP contribution < -0.4 is 9.47 Å². The Kier molecular flexibility index (Phi) is 3.02. The van der Waals surface area contributed by atoms with Crippen molar-refractivity contribution in [2.75, 3.05) is 6.79 Å². The smallest absolute Gasteiger partial charge is 0.374 e. The van der Waals surface area contributed by atoms with Crippen LogP contribution in [0.25, 0.3) is 11.3 Å². The van der Waals surface area contributed by atoms with Crippen LogP contribution in [0, 0.1) is 0 Å². The number of carbonyl (C=O) groups is 1. The number of aromatic carboxylic acids is 1. The van der Waals surface area contributed by atoms with Crippen LogP contribution in [0.3, 0.4) is 0 Å². The second-order valence-electron chi connectivity index (χ2n) is 4.19. The van der Waals surface area contributed by atoms with Gasteiger partial charge in [-0.05, 0) is 18.1 Å². The van der Waals surface area contributed by atoms with Gasteiger partial charge in [-0.25, -0.2) is 4.79 Å². The fourth-order valence-corrected chi connectivity index (χ4v) is 2.50. The van der Waals surface area contributed by atoms with E-state index in [1.807, 2.05) is 6.92 Å². The van der Waals surface area contributed by atoms with Crippen molar-refractivity contribution in [1.82, 2.24) is 5.16 Å². The average Bonchev–Trinajstić information content (AvgIpc) is 3.07. The molecule has 0 saturated heterocycles. The SMILES string of the molecule is CCc1c(-c2cc(C(=O)O)on2)cc2c(c1Cl)OCO2. The molecule has 20 heavy (non-hydrogen) atoms. The Morgan fingerprint density at radius 1 is 1.45 bits per heavy atom. The number of nitrogens with zero attached hydrogens (tertiary/aromatic N) is 1. The molecular weight excluding hydrogens is 286 g/mol. The molecule has 0 saturated carbocycles. The lowest BCUT2D eigenvalue weighted by atomic mass is 10.0. The molecule has 0 unspecified atom stereocenters. The van der Waals surface area contributed by atoms with E-state index >= 15 is 0 Å². The second kappa shape index (κ2) is 4.72. The standard InChI is InChI=1S/C13H10ClNO5/c1-2-6-7(8-4-10(13(16)17)20-15-8)3-9-12(11(6)14)19-5-18-9/h3-4H,2,5H2,1H3,(H,16,17). The topological polar surface area (TPSA) is 81.8 Å². The number of fused-ring (bicyclic) bond motifs is 1. The molecule has 0 radical (unpaired) electrons. The van der Waals surface area contributed by atoms with Crippen LogP contribution in [0.15, 0.2) is 16.7 Å². The van der Waals surface area contributed by atoms with Gasteiger partial charge in [-0.2, -0.15) is 0 Å². The van der Waals surface area contributed by atoms with E-state index in [2.05, 4.69) is 5.16 Å². The molecule has 6 nitrogen and oxygen atoms in total. The third-order valence-electron chi connectivity index (χ3n) is 3.06. The minimum absolute atomic E-state index is 0.112. The van der Waals surface area contributed by atoms with Gasteiger partial charge >= 0.3 is 5.97 Å². The maximum absolute atomic E-state index is 10.8. The first kappa shape index (κ1) is 12.8. The van der Waals surface area contributed by atoms with E-state index in [0.717, 1.165) is 5.56 Å². The Hall–Kier alpha value is -2.21.